The molecule has 0 aliphatic rings. The normalized spacial score (nSPS) is 11.6. The molecule has 0 spiro atoms. The molecule has 1 heterocycles. The third-order valence-corrected chi connectivity index (χ3v) is 4.45. The largest absolute Gasteiger partial charge is 0.497 e. The van der Waals surface area contributed by atoms with Crippen molar-refractivity contribution in [1.29, 1.82) is 0 Å². The fourth-order valence-corrected chi connectivity index (χ4v) is 2.82. The molecule has 1 atom stereocenters. The zero-order valence-corrected chi connectivity index (χ0v) is 15.1. The van der Waals surface area contributed by atoms with Gasteiger partial charge in [0.05, 0.1) is 7.11 Å². The third kappa shape index (κ3) is 5.18. The summed E-state index contributed by atoms with van der Waals surface area (Å²) in [5, 5.41) is 4.37. The summed E-state index contributed by atoms with van der Waals surface area (Å²) < 4.78 is 11.5. The van der Waals surface area contributed by atoms with E-state index in [0.29, 0.717) is 12.2 Å². The van der Waals surface area contributed by atoms with Crippen molar-refractivity contribution in [3.63, 3.8) is 0 Å². The third-order valence-electron chi connectivity index (χ3n) is 3.57. The fourth-order valence-electron chi connectivity index (χ4n) is 2.09. The molecule has 2 rings (SSSR count). The molecule has 1 aromatic carbocycles. The van der Waals surface area contributed by atoms with Crippen LogP contribution in [0.2, 0.25) is 0 Å². The van der Waals surface area contributed by atoms with Crippen LogP contribution in [0.4, 0.5) is 0 Å². The lowest BCUT2D eigenvalue weighted by atomic mass is 10.2. The molecule has 0 aliphatic heterocycles. The Balaban J connectivity index is 1.82. The summed E-state index contributed by atoms with van der Waals surface area (Å²) in [6.07, 6.45) is -0.944. The second-order valence-corrected chi connectivity index (χ2v) is 6.25. The molecule has 134 valence electrons. The van der Waals surface area contributed by atoms with Crippen LogP contribution in [0.15, 0.2) is 34.4 Å². The number of nitrogens with one attached hydrogen (secondary N) is 1. The lowest BCUT2D eigenvalue weighted by molar-refractivity contribution is -0.155. The number of ether oxygens (including phenoxy) is 2. The summed E-state index contributed by atoms with van der Waals surface area (Å²) >= 11 is 1.02. The molecule has 0 saturated heterocycles. The van der Waals surface area contributed by atoms with Crippen molar-refractivity contribution in [3.8, 4) is 5.75 Å². The Kier molecular flexibility index (Phi) is 6.35. The summed E-state index contributed by atoms with van der Waals surface area (Å²) in [7, 11) is 1.58. The van der Waals surface area contributed by atoms with Crippen LogP contribution in [-0.4, -0.2) is 29.7 Å². The smallest absolute Gasteiger partial charge is 0.326 e. The fraction of sp³-hybridized carbons (Fsp3) is 0.353. The second-order valence-electron chi connectivity index (χ2n) is 5.43. The molecule has 8 heteroatoms. The van der Waals surface area contributed by atoms with Crippen LogP contribution in [0.3, 0.4) is 0 Å². The molecule has 0 fully saturated rings. The van der Waals surface area contributed by atoms with Crippen molar-refractivity contribution >= 4 is 23.2 Å². The number of carbonyl (C=O) groups excluding carboxylic acids is 2. The highest BCUT2D eigenvalue weighted by molar-refractivity contribution is 7.07. The first-order chi connectivity index (χ1) is 11.9. The Hall–Kier alpha value is -2.61. The van der Waals surface area contributed by atoms with Gasteiger partial charge in [0, 0.05) is 17.6 Å². The van der Waals surface area contributed by atoms with E-state index in [-0.39, 0.29) is 11.4 Å². The van der Waals surface area contributed by atoms with Gasteiger partial charge in [0.1, 0.15) is 12.3 Å². The minimum absolute atomic E-state index is 0.204. The number of methoxy groups -OCH3 is 1. The lowest BCUT2D eigenvalue weighted by Crippen LogP contribution is -2.36. The van der Waals surface area contributed by atoms with E-state index < -0.39 is 18.0 Å². The van der Waals surface area contributed by atoms with Gasteiger partial charge in [0.15, 0.2) is 6.10 Å². The molecule has 2 aromatic rings. The maximum Gasteiger partial charge on any atom is 0.326 e. The van der Waals surface area contributed by atoms with Gasteiger partial charge in [0.2, 0.25) is 0 Å². The van der Waals surface area contributed by atoms with E-state index in [1.165, 1.54) is 11.5 Å². The van der Waals surface area contributed by atoms with Crippen molar-refractivity contribution in [3.05, 3.63) is 50.6 Å². The van der Waals surface area contributed by atoms with Crippen LogP contribution in [-0.2, 0) is 27.4 Å². The van der Waals surface area contributed by atoms with Crippen molar-refractivity contribution in [2.75, 3.05) is 7.11 Å². The molecular weight excluding hydrogens is 344 g/mol. The zero-order chi connectivity index (χ0) is 18.4. The van der Waals surface area contributed by atoms with E-state index in [1.54, 1.807) is 31.5 Å². The first-order valence-corrected chi connectivity index (χ1v) is 8.53. The van der Waals surface area contributed by atoms with E-state index in [4.69, 9.17) is 9.47 Å². The number of thiazole rings is 1. The van der Waals surface area contributed by atoms with Gasteiger partial charge in [-0.25, -0.2) is 0 Å². The molecule has 0 radical (unpaired) electrons. The minimum Gasteiger partial charge on any atom is -0.497 e. The van der Waals surface area contributed by atoms with Crippen LogP contribution < -0.4 is 14.9 Å². The first-order valence-electron chi connectivity index (χ1n) is 7.65. The Labute approximate surface area is 149 Å². The van der Waals surface area contributed by atoms with E-state index in [0.717, 1.165) is 22.6 Å². The molecule has 0 saturated carbocycles. The zero-order valence-electron chi connectivity index (χ0n) is 14.3. The van der Waals surface area contributed by atoms with Crippen LogP contribution in [0.1, 0.15) is 18.2 Å². The molecule has 1 aromatic heterocycles. The number of benzene rings is 1. The van der Waals surface area contributed by atoms with Crippen molar-refractivity contribution in [2.24, 2.45) is 0 Å². The van der Waals surface area contributed by atoms with E-state index in [9.17, 15) is 14.4 Å². The summed E-state index contributed by atoms with van der Waals surface area (Å²) in [5.74, 6) is -0.300. The van der Waals surface area contributed by atoms with Gasteiger partial charge < -0.3 is 14.8 Å². The lowest BCUT2D eigenvalue weighted by Gasteiger charge is -2.14. The van der Waals surface area contributed by atoms with Gasteiger partial charge in [0.25, 0.3) is 5.91 Å². The topological polar surface area (TPSA) is 86.6 Å². The SMILES string of the molecule is COc1ccc(CNC(=O)[C@H](C)OC(=O)Cn2c(C)csc2=O)cc1. The molecule has 0 bridgehead atoms. The molecule has 1 amide bonds. The van der Waals surface area contributed by atoms with Gasteiger partial charge in [-0.05, 0) is 31.5 Å². The molecule has 25 heavy (non-hydrogen) atoms. The highest BCUT2D eigenvalue weighted by Gasteiger charge is 2.18. The highest BCUT2D eigenvalue weighted by atomic mass is 32.1. The average molecular weight is 364 g/mol. The number of hydrogen-bond donors (Lipinski definition) is 1. The van der Waals surface area contributed by atoms with Crippen LogP contribution in [0.5, 0.6) is 5.75 Å². The van der Waals surface area contributed by atoms with Gasteiger partial charge in [-0.1, -0.05) is 23.5 Å². The summed E-state index contributed by atoms with van der Waals surface area (Å²) in [5.41, 5.74) is 1.58. The molecule has 1 N–H and O–H groups in total. The van der Waals surface area contributed by atoms with Gasteiger partial charge >= 0.3 is 10.8 Å². The number of esters is 1. The summed E-state index contributed by atoms with van der Waals surface area (Å²) in [6, 6.07) is 7.26. The molecule has 0 unspecified atom stereocenters. The number of amides is 1. The summed E-state index contributed by atoms with van der Waals surface area (Å²) in [4.78, 5) is 35.3. The molecular formula is C17H20N2O5S. The van der Waals surface area contributed by atoms with E-state index in [2.05, 4.69) is 5.32 Å². The van der Waals surface area contributed by atoms with Crippen molar-refractivity contribution in [1.82, 2.24) is 9.88 Å². The Bertz CT molecular complexity index is 794. The van der Waals surface area contributed by atoms with E-state index in [1.807, 2.05) is 12.1 Å². The van der Waals surface area contributed by atoms with Gasteiger partial charge in [-0.15, -0.1) is 0 Å². The maximum absolute atomic E-state index is 12.0. The number of aryl methyl sites for hydroxylation is 1. The number of nitrogens with zero attached hydrogens (tertiary/aromatic N) is 1. The van der Waals surface area contributed by atoms with Crippen molar-refractivity contribution < 1.29 is 19.1 Å². The number of rotatable bonds is 7. The van der Waals surface area contributed by atoms with Crippen LogP contribution in [0.25, 0.3) is 0 Å². The Morgan fingerprint density at radius 3 is 2.52 bits per heavy atom. The summed E-state index contributed by atoms with van der Waals surface area (Å²) in [6.45, 7) is 3.33. The highest BCUT2D eigenvalue weighted by Crippen LogP contribution is 2.11. The van der Waals surface area contributed by atoms with Crippen molar-refractivity contribution in [2.45, 2.75) is 33.0 Å². The average Bonchev–Trinajstić information content (AvgIpc) is 2.91. The molecule has 7 nitrogen and oxygen atoms in total. The monoisotopic (exact) mass is 364 g/mol. The Morgan fingerprint density at radius 1 is 1.28 bits per heavy atom. The van der Waals surface area contributed by atoms with Gasteiger partial charge in [-0.2, -0.15) is 0 Å². The first kappa shape index (κ1) is 18.7. The maximum atomic E-state index is 12.0. The minimum atomic E-state index is -0.944. The quantitative estimate of drug-likeness (QED) is 0.752. The number of hydrogen-bond acceptors (Lipinski definition) is 6. The predicted molar refractivity (Wildman–Crippen MR) is 93.7 cm³/mol. The predicted octanol–water partition coefficient (Wildman–Crippen LogP) is 1.47. The number of aromatic nitrogens is 1. The second kappa shape index (κ2) is 8.48. The van der Waals surface area contributed by atoms with Crippen LogP contribution in [0, 0.1) is 6.92 Å². The number of carbonyl (C=O) groups is 2. The van der Waals surface area contributed by atoms with Crippen LogP contribution >= 0.6 is 11.3 Å². The standard InChI is InChI=1S/C17H20N2O5S/c1-11-10-25-17(22)19(11)9-15(20)24-12(2)16(21)18-8-13-4-6-14(23-3)7-5-13/h4-7,10,12H,8-9H2,1-3H3,(H,18,21)/t12-/m0/s1. The Morgan fingerprint density at radius 2 is 1.96 bits per heavy atom. The van der Waals surface area contributed by atoms with Gasteiger partial charge in [-0.3, -0.25) is 19.0 Å². The molecule has 0 aliphatic carbocycles. The van der Waals surface area contributed by atoms with E-state index >= 15 is 0 Å².